The first-order valence-corrected chi connectivity index (χ1v) is 16.8. The minimum absolute atomic E-state index is 0.00512. The van der Waals surface area contributed by atoms with Crippen molar-refractivity contribution in [2.45, 2.75) is 59.8 Å². The van der Waals surface area contributed by atoms with E-state index < -0.39 is 34.5 Å². The van der Waals surface area contributed by atoms with Crippen molar-refractivity contribution in [3.8, 4) is 45.6 Å². The number of phenolic OH excluding ortho intramolecular Hbond substituents is 6. The Morgan fingerprint density at radius 1 is 0.660 bits per heavy atom. The van der Waals surface area contributed by atoms with Gasteiger partial charge in [-0.2, -0.15) is 4.99 Å². The molecule has 12 N–H and O–H groups in total. The molecule has 0 amide bonds. The maximum atomic E-state index is 12.0. The molecule has 0 heterocycles. The van der Waals surface area contributed by atoms with E-state index in [0.717, 1.165) is 6.42 Å². The highest BCUT2D eigenvalue weighted by Crippen LogP contribution is 2.54. The fraction of sp³-hybridized carbons (Fsp3) is 0.250. The summed E-state index contributed by atoms with van der Waals surface area (Å²) in [5.74, 6) is -3.53. The normalized spacial score (nSPS) is 11.5. The number of benzene rings is 5. The van der Waals surface area contributed by atoms with Gasteiger partial charge in [0.05, 0.1) is 11.1 Å². The summed E-state index contributed by atoms with van der Waals surface area (Å²) in [6, 6.07) is 13.3. The maximum Gasteiger partial charge on any atom is 0.218 e. The molecule has 0 saturated carbocycles. The highest BCUT2D eigenvalue weighted by molar-refractivity contribution is 6.14. The molecule has 0 spiro atoms. The molecule has 0 aliphatic carbocycles. The Kier molecular flexibility index (Phi) is 11.7. The average molecular weight is 724 g/mol. The van der Waals surface area contributed by atoms with Gasteiger partial charge in [0.25, 0.3) is 0 Å². The van der Waals surface area contributed by atoms with Crippen molar-refractivity contribution < 1.29 is 40.2 Å². The lowest BCUT2D eigenvalue weighted by Crippen LogP contribution is -2.26. The number of rotatable bonds is 8. The smallest absolute Gasteiger partial charge is 0.218 e. The second-order valence-electron chi connectivity index (χ2n) is 13.3. The van der Waals surface area contributed by atoms with Crippen LogP contribution in [0.3, 0.4) is 0 Å². The quantitative estimate of drug-likeness (QED) is 0.0377. The number of aryl methyl sites for hydroxylation is 2. The molecule has 0 bridgehead atoms. The first-order valence-electron chi connectivity index (χ1n) is 16.8. The van der Waals surface area contributed by atoms with Crippen molar-refractivity contribution in [1.82, 2.24) is 0 Å². The van der Waals surface area contributed by atoms with Crippen LogP contribution in [0.1, 0.15) is 88.1 Å². The number of carbonyl (C=O) groups is 2. The zero-order chi connectivity index (χ0) is 39.5. The molecule has 278 valence electrons. The molecule has 5 rings (SSSR count). The van der Waals surface area contributed by atoms with Crippen LogP contribution in [0.4, 0.5) is 0 Å². The molecular weight excluding hydrogens is 678 g/mol. The van der Waals surface area contributed by atoms with Crippen LogP contribution in [0, 0.1) is 13.8 Å². The van der Waals surface area contributed by atoms with Crippen molar-refractivity contribution in [2.75, 3.05) is 6.54 Å². The van der Waals surface area contributed by atoms with Crippen molar-refractivity contribution in [3.63, 3.8) is 0 Å². The van der Waals surface area contributed by atoms with E-state index in [0.29, 0.717) is 52.1 Å². The predicted molar refractivity (Wildman–Crippen MR) is 208 cm³/mol. The van der Waals surface area contributed by atoms with Gasteiger partial charge >= 0.3 is 0 Å². The van der Waals surface area contributed by atoms with Crippen LogP contribution in [0.5, 0.6) is 34.5 Å². The molecule has 53 heavy (non-hydrogen) atoms. The number of aliphatic imine (C=N–C) groups is 2. The lowest BCUT2D eigenvalue weighted by Gasteiger charge is -2.23. The Bertz CT molecular complexity index is 2170. The largest absolute Gasteiger partial charge is 0.507 e. The lowest BCUT2D eigenvalue weighted by atomic mass is 9.83. The fourth-order valence-electron chi connectivity index (χ4n) is 6.71. The van der Waals surface area contributed by atoms with E-state index in [4.69, 9.17) is 17.2 Å². The molecule has 0 fully saturated rings. The highest BCUT2D eigenvalue weighted by Gasteiger charge is 2.29. The molecule has 0 aromatic heterocycles. The van der Waals surface area contributed by atoms with Crippen LogP contribution < -0.4 is 17.2 Å². The summed E-state index contributed by atoms with van der Waals surface area (Å²) in [7, 11) is 0. The molecule has 0 atom stereocenters. The van der Waals surface area contributed by atoms with Crippen LogP contribution in [0.2, 0.25) is 0 Å². The fourth-order valence-corrected chi connectivity index (χ4v) is 6.71. The highest BCUT2D eigenvalue weighted by atomic mass is 16.3. The Hall–Kier alpha value is -6.50. The van der Waals surface area contributed by atoms with Crippen molar-refractivity contribution >= 4 is 46.0 Å². The van der Waals surface area contributed by atoms with Gasteiger partial charge in [0.1, 0.15) is 11.5 Å². The third kappa shape index (κ3) is 7.45. The van der Waals surface area contributed by atoms with Gasteiger partial charge in [0.2, 0.25) is 5.96 Å². The third-order valence-electron chi connectivity index (χ3n) is 8.99. The number of nitrogens with two attached hydrogens (primary N) is 3. The van der Waals surface area contributed by atoms with Gasteiger partial charge in [-0.25, -0.2) is 0 Å². The summed E-state index contributed by atoms with van der Waals surface area (Å²) in [5, 5.41) is 66.4. The van der Waals surface area contributed by atoms with Gasteiger partial charge in [0.15, 0.2) is 41.5 Å². The summed E-state index contributed by atoms with van der Waals surface area (Å²) in [6.45, 7) is 11.1. The molecule has 5 aromatic carbocycles. The van der Waals surface area contributed by atoms with Crippen LogP contribution in [-0.2, 0) is 6.42 Å². The molecular formula is C40H45N5O8. The number of phenols is 6. The lowest BCUT2D eigenvalue weighted by molar-refractivity contribution is 0.111. The van der Waals surface area contributed by atoms with Crippen LogP contribution in [0.15, 0.2) is 52.4 Å². The second-order valence-corrected chi connectivity index (χ2v) is 13.3. The Balaban J connectivity index is 0.000000350. The van der Waals surface area contributed by atoms with Gasteiger partial charge in [-0.3, -0.25) is 14.6 Å². The molecule has 13 heteroatoms. The zero-order valence-electron chi connectivity index (χ0n) is 30.4. The van der Waals surface area contributed by atoms with Crippen LogP contribution >= 0.6 is 0 Å². The second kappa shape index (κ2) is 15.8. The maximum absolute atomic E-state index is 12.0. The number of aldehydes is 2. The van der Waals surface area contributed by atoms with E-state index in [-0.39, 0.29) is 56.8 Å². The van der Waals surface area contributed by atoms with Gasteiger partial charge in [-0.15, -0.1) is 0 Å². The number of hydrogen-bond donors (Lipinski definition) is 9. The zero-order valence-corrected chi connectivity index (χ0v) is 30.4. The van der Waals surface area contributed by atoms with E-state index in [9.17, 15) is 40.2 Å². The van der Waals surface area contributed by atoms with Crippen LogP contribution in [0.25, 0.3) is 32.7 Å². The molecule has 0 aliphatic rings. The predicted octanol–water partition coefficient (Wildman–Crippen LogP) is 6.20. The van der Waals surface area contributed by atoms with E-state index >= 15 is 0 Å². The SMILES string of the molecule is Cc1cc2c(C(C)C)c(O)c(O)c(C=O)c2c(O)c1-c1c(C)cc2c(C(C)C)c(O)c(O)c(C=O)c2c1O.NC(N)=NC(N)=NCCc1ccccc1. The van der Waals surface area contributed by atoms with E-state index in [2.05, 4.69) is 9.98 Å². The van der Waals surface area contributed by atoms with Gasteiger partial charge < -0.3 is 47.8 Å². The van der Waals surface area contributed by atoms with Gasteiger partial charge in [-0.05, 0) is 59.6 Å². The summed E-state index contributed by atoms with van der Waals surface area (Å²) in [4.78, 5) is 31.6. The molecule has 5 aromatic rings. The molecule has 0 unspecified atom stereocenters. The first kappa shape index (κ1) is 39.3. The van der Waals surface area contributed by atoms with E-state index in [1.807, 2.05) is 30.3 Å². The summed E-state index contributed by atoms with van der Waals surface area (Å²) < 4.78 is 0. The Morgan fingerprint density at radius 2 is 1.08 bits per heavy atom. The minimum atomic E-state index is -0.661. The summed E-state index contributed by atoms with van der Waals surface area (Å²) >= 11 is 0. The van der Waals surface area contributed by atoms with E-state index in [1.165, 1.54) is 5.56 Å². The Morgan fingerprint density at radius 3 is 1.43 bits per heavy atom. The summed E-state index contributed by atoms with van der Waals surface area (Å²) in [5.41, 5.74) is 18.3. The van der Waals surface area contributed by atoms with Gasteiger partial charge in [0, 0.05) is 39.6 Å². The molecule has 13 nitrogen and oxygen atoms in total. The standard InChI is InChI=1S/C30H30O8.C10H15N5/c1-11(2)19-15-7-13(5)21(27(35)23(15)17(9-31)25(33)29(19)37)22-14(6)8-16-20(12(3)4)30(38)26(34)18(10-32)24(16)28(22)36;11-9(12)15-10(13)14-7-6-8-4-2-1-3-5-8/h7-12,33-38H,1-6H3;1-5H,6-7H2,(H6,11,12,13,14,15). The number of hydrogen-bond acceptors (Lipinski definition) is 9. The first-order chi connectivity index (χ1) is 25.0. The topological polar surface area (TPSA) is 258 Å². The van der Waals surface area contributed by atoms with Crippen molar-refractivity contribution in [3.05, 3.63) is 81.4 Å². The number of aromatic hydroxyl groups is 6. The Labute approximate surface area is 306 Å². The monoisotopic (exact) mass is 723 g/mol. The van der Waals surface area contributed by atoms with Crippen molar-refractivity contribution in [1.29, 1.82) is 0 Å². The molecule has 0 radical (unpaired) electrons. The summed E-state index contributed by atoms with van der Waals surface area (Å²) in [6.07, 6.45) is 1.50. The van der Waals surface area contributed by atoms with Crippen LogP contribution in [-0.4, -0.2) is 61.7 Å². The van der Waals surface area contributed by atoms with E-state index in [1.54, 1.807) is 53.7 Å². The number of guanidine groups is 2. The molecule has 0 aliphatic heterocycles. The average Bonchev–Trinajstić information content (AvgIpc) is 3.08. The van der Waals surface area contributed by atoms with Gasteiger partial charge in [-0.1, -0.05) is 70.2 Å². The number of nitrogens with zero attached hydrogens (tertiary/aromatic N) is 2. The number of carbonyl (C=O) groups excluding carboxylic acids is 2. The minimum Gasteiger partial charge on any atom is -0.507 e. The van der Waals surface area contributed by atoms with Crippen molar-refractivity contribution in [2.24, 2.45) is 27.2 Å². The number of fused-ring (bicyclic) bond motifs is 2. The molecule has 0 saturated heterocycles. The third-order valence-corrected chi connectivity index (χ3v) is 8.99.